The monoisotopic (exact) mass is 226 g/mol. The Hall–Kier alpha value is -1.80. The van der Waals surface area contributed by atoms with Crippen LogP contribution in [-0.2, 0) is 0 Å². The summed E-state index contributed by atoms with van der Waals surface area (Å²) in [6, 6.07) is 7.81. The van der Waals surface area contributed by atoms with Crippen molar-refractivity contribution in [2.45, 2.75) is 18.9 Å². The molecule has 88 valence electrons. The van der Waals surface area contributed by atoms with E-state index >= 15 is 0 Å². The number of nitrogen functional groups attached to an aromatic ring is 1. The van der Waals surface area contributed by atoms with Crippen molar-refractivity contribution in [1.82, 2.24) is 0 Å². The Morgan fingerprint density at radius 2 is 1.94 bits per heavy atom. The first-order valence-corrected chi connectivity index (χ1v) is 5.78. The van der Waals surface area contributed by atoms with Gasteiger partial charge >= 0.3 is 0 Å². The highest BCUT2D eigenvalue weighted by Crippen LogP contribution is 2.25. The van der Waals surface area contributed by atoms with E-state index in [0.29, 0.717) is 0 Å². The van der Waals surface area contributed by atoms with Crippen molar-refractivity contribution in [2.75, 3.05) is 5.73 Å². The molecule has 2 heteroatoms. The van der Waals surface area contributed by atoms with Crippen LogP contribution in [0.5, 0.6) is 0 Å². The normalized spacial score (nSPS) is 24.0. The van der Waals surface area contributed by atoms with Crippen LogP contribution in [0.1, 0.15) is 18.9 Å². The highest BCUT2D eigenvalue weighted by atomic mass is 14.7. The van der Waals surface area contributed by atoms with E-state index in [1.807, 2.05) is 36.4 Å². The summed E-state index contributed by atoms with van der Waals surface area (Å²) >= 11 is 0. The molecule has 1 aromatic rings. The van der Waals surface area contributed by atoms with Crippen LogP contribution in [0.4, 0.5) is 5.69 Å². The standard InChI is InChI=1S/C15H18N2/c1-12(15(17)9-3-2-4-10-15)11-13-5-7-14(16)8-6-13/h2-9,11H,10,16-17H2,1H3. The minimum absolute atomic E-state index is 0.351. The first-order chi connectivity index (χ1) is 8.10. The largest absolute Gasteiger partial charge is 0.399 e. The van der Waals surface area contributed by atoms with Gasteiger partial charge in [-0.25, -0.2) is 0 Å². The minimum Gasteiger partial charge on any atom is -0.399 e. The molecule has 2 rings (SSSR count). The lowest BCUT2D eigenvalue weighted by Gasteiger charge is -2.27. The van der Waals surface area contributed by atoms with Crippen molar-refractivity contribution in [2.24, 2.45) is 5.73 Å². The number of nitrogens with two attached hydrogens (primary N) is 2. The summed E-state index contributed by atoms with van der Waals surface area (Å²) in [4.78, 5) is 0. The number of allylic oxidation sites excluding steroid dienone is 2. The van der Waals surface area contributed by atoms with Crippen molar-refractivity contribution in [3.8, 4) is 0 Å². The van der Waals surface area contributed by atoms with Gasteiger partial charge in [0, 0.05) is 5.69 Å². The number of anilines is 1. The molecule has 1 aromatic carbocycles. The summed E-state index contributed by atoms with van der Waals surface area (Å²) in [5.74, 6) is 0. The molecule has 4 N–H and O–H groups in total. The molecule has 0 saturated carbocycles. The van der Waals surface area contributed by atoms with Crippen molar-refractivity contribution in [3.05, 3.63) is 59.7 Å². The fourth-order valence-corrected chi connectivity index (χ4v) is 1.91. The Balaban J connectivity index is 2.24. The van der Waals surface area contributed by atoms with Gasteiger partial charge in [-0.3, -0.25) is 0 Å². The van der Waals surface area contributed by atoms with Gasteiger partial charge in [-0.1, -0.05) is 42.5 Å². The quantitative estimate of drug-likeness (QED) is 0.762. The molecule has 0 saturated heterocycles. The zero-order valence-electron chi connectivity index (χ0n) is 10.1. The lowest BCUT2D eigenvalue weighted by molar-refractivity contribution is 0.623. The van der Waals surface area contributed by atoms with Gasteiger partial charge in [-0.05, 0) is 36.6 Å². The van der Waals surface area contributed by atoms with Crippen LogP contribution in [0.3, 0.4) is 0 Å². The summed E-state index contributed by atoms with van der Waals surface area (Å²) < 4.78 is 0. The molecule has 1 aliphatic carbocycles. The second-order valence-corrected chi connectivity index (χ2v) is 4.53. The van der Waals surface area contributed by atoms with Gasteiger partial charge in [0.15, 0.2) is 0 Å². The maximum absolute atomic E-state index is 6.35. The lowest BCUT2D eigenvalue weighted by Crippen LogP contribution is -2.39. The van der Waals surface area contributed by atoms with Crippen LogP contribution >= 0.6 is 0 Å². The lowest BCUT2D eigenvalue weighted by atomic mass is 9.84. The SMILES string of the molecule is CC(=Cc1ccc(N)cc1)C1(N)C=CC=CC1. The molecular weight excluding hydrogens is 208 g/mol. The highest BCUT2D eigenvalue weighted by Gasteiger charge is 2.23. The number of rotatable bonds is 2. The molecule has 0 radical (unpaired) electrons. The Labute approximate surface area is 102 Å². The van der Waals surface area contributed by atoms with Crippen molar-refractivity contribution in [1.29, 1.82) is 0 Å². The Kier molecular flexibility index (Phi) is 3.16. The topological polar surface area (TPSA) is 52.0 Å². The molecule has 1 aliphatic rings. The Morgan fingerprint density at radius 3 is 2.53 bits per heavy atom. The number of hydrogen-bond acceptors (Lipinski definition) is 2. The predicted octanol–water partition coefficient (Wildman–Crippen LogP) is 2.89. The third-order valence-electron chi connectivity index (χ3n) is 3.15. The molecule has 0 fully saturated rings. The summed E-state index contributed by atoms with van der Waals surface area (Å²) in [5, 5.41) is 0. The van der Waals surface area contributed by atoms with Crippen LogP contribution in [0, 0.1) is 0 Å². The van der Waals surface area contributed by atoms with E-state index < -0.39 is 0 Å². The smallest absolute Gasteiger partial charge is 0.0593 e. The molecule has 0 aromatic heterocycles. The molecule has 0 heterocycles. The van der Waals surface area contributed by atoms with Crippen molar-refractivity contribution < 1.29 is 0 Å². The molecule has 17 heavy (non-hydrogen) atoms. The number of hydrogen-bond donors (Lipinski definition) is 2. The van der Waals surface area contributed by atoms with E-state index in [2.05, 4.69) is 25.2 Å². The van der Waals surface area contributed by atoms with Gasteiger partial charge in [0.2, 0.25) is 0 Å². The third-order valence-corrected chi connectivity index (χ3v) is 3.15. The van der Waals surface area contributed by atoms with E-state index in [0.717, 1.165) is 23.2 Å². The predicted molar refractivity (Wildman–Crippen MR) is 74.3 cm³/mol. The van der Waals surface area contributed by atoms with Gasteiger partial charge in [0.05, 0.1) is 5.54 Å². The van der Waals surface area contributed by atoms with Gasteiger partial charge in [-0.2, -0.15) is 0 Å². The molecule has 2 nitrogen and oxygen atoms in total. The second-order valence-electron chi connectivity index (χ2n) is 4.53. The van der Waals surface area contributed by atoms with Crippen LogP contribution in [0.15, 0.2) is 54.1 Å². The summed E-state index contributed by atoms with van der Waals surface area (Å²) in [7, 11) is 0. The molecule has 0 bridgehead atoms. The third kappa shape index (κ3) is 2.66. The van der Waals surface area contributed by atoms with Crippen LogP contribution in [0.2, 0.25) is 0 Å². The fraction of sp³-hybridized carbons (Fsp3) is 0.200. The van der Waals surface area contributed by atoms with Crippen molar-refractivity contribution >= 4 is 11.8 Å². The molecule has 1 atom stereocenters. The van der Waals surface area contributed by atoms with Gasteiger partial charge in [-0.15, -0.1) is 0 Å². The van der Waals surface area contributed by atoms with E-state index in [9.17, 15) is 0 Å². The minimum atomic E-state index is -0.351. The highest BCUT2D eigenvalue weighted by molar-refractivity contribution is 5.59. The molecule has 0 amide bonds. The maximum atomic E-state index is 6.35. The van der Waals surface area contributed by atoms with E-state index in [1.165, 1.54) is 0 Å². The summed E-state index contributed by atoms with van der Waals surface area (Å²) in [6.07, 6.45) is 11.1. The first kappa shape index (κ1) is 11.7. The average Bonchev–Trinajstić information content (AvgIpc) is 2.33. The Bertz CT molecular complexity index is 480. The first-order valence-electron chi connectivity index (χ1n) is 5.78. The number of benzene rings is 1. The van der Waals surface area contributed by atoms with E-state index in [4.69, 9.17) is 11.5 Å². The average molecular weight is 226 g/mol. The van der Waals surface area contributed by atoms with Gasteiger partial charge < -0.3 is 11.5 Å². The van der Waals surface area contributed by atoms with E-state index in [-0.39, 0.29) is 5.54 Å². The molecule has 0 aliphatic heterocycles. The van der Waals surface area contributed by atoms with Crippen LogP contribution < -0.4 is 11.5 Å². The van der Waals surface area contributed by atoms with Gasteiger partial charge in [0.1, 0.15) is 0 Å². The zero-order chi connectivity index (χ0) is 12.3. The fourth-order valence-electron chi connectivity index (χ4n) is 1.91. The zero-order valence-corrected chi connectivity index (χ0v) is 10.1. The molecule has 1 unspecified atom stereocenters. The molecular formula is C15H18N2. The van der Waals surface area contributed by atoms with Crippen LogP contribution in [0.25, 0.3) is 6.08 Å². The summed E-state index contributed by atoms with van der Waals surface area (Å²) in [6.45, 7) is 2.07. The van der Waals surface area contributed by atoms with Gasteiger partial charge in [0.25, 0.3) is 0 Å². The Morgan fingerprint density at radius 1 is 1.24 bits per heavy atom. The second kappa shape index (κ2) is 4.60. The summed E-state index contributed by atoms with van der Waals surface area (Å²) in [5.41, 5.74) is 14.7. The molecule has 0 spiro atoms. The maximum Gasteiger partial charge on any atom is 0.0593 e. The van der Waals surface area contributed by atoms with Crippen molar-refractivity contribution in [3.63, 3.8) is 0 Å². The van der Waals surface area contributed by atoms with E-state index in [1.54, 1.807) is 0 Å². The van der Waals surface area contributed by atoms with Crippen LogP contribution in [-0.4, -0.2) is 5.54 Å².